The molecule has 20 heavy (non-hydrogen) atoms. The van der Waals surface area contributed by atoms with Gasteiger partial charge in [-0.3, -0.25) is 4.79 Å². The Labute approximate surface area is 122 Å². The van der Waals surface area contributed by atoms with Crippen molar-refractivity contribution in [3.05, 3.63) is 0 Å². The number of rotatable bonds is 6. The Morgan fingerprint density at radius 1 is 1.05 bits per heavy atom. The van der Waals surface area contributed by atoms with E-state index in [1.165, 1.54) is 32.4 Å². The van der Waals surface area contributed by atoms with Crippen LogP contribution in [0, 0.1) is 5.92 Å². The number of nitrogens with zero attached hydrogens (tertiary/aromatic N) is 2. The second-order valence-electron chi connectivity index (χ2n) is 6.12. The molecule has 2 heterocycles. The second kappa shape index (κ2) is 8.60. The van der Waals surface area contributed by atoms with Gasteiger partial charge in [-0.2, -0.15) is 0 Å². The van der Waals surface area contributed by atoms with Crippen LogP contribution in [0.25, 0.3) is 0 Å². The molecule has 0 aliphatic carbocycles. The fourth-order valence-electron chi connectivity index (χ4n) is 3.28. The van der Waals surface area contributed by atoms with E-state index < -0.39 is 0 Å². The van der Waals surface area contributed by atoms with Crippen LogP contribution < -0.4 is 11.1 Å². The molecule has 0 radical (unpaired) electrons. The molecule has 2 fully saturated rings. The van der Waals surface area contributed by atoms with Crippen molar-refractivity contribution in [1.29, 1.82) is 0 Å². The third-order valence-electron chi connectivity index (χ3n) is 4.50. The largest absolute Gasteiger partial charge is 0.355 e. The average Bonchev–Trinajstić information content (AvgIpc) is 2.52. The van der Waals surface area contributed by atoms with Gasteiger partial charge in [0.1, 0.15) is 0 Å². The first-order valence-corrected chi connectivity index (χ1v) is 8.22. The first kappa shape index (κ1) is 15.7. The molecule has 1 unspecified atom stereocenters. The van der Waals surface area contributed by atoms with Gasteiger partial charge in [-0.15, -0.1) is 0 Å². The molecule has 2 aliphatic heterocycles. The monoisotopic (exact) mass is 282 g/mol. The van der Waals surface area contributed by atoms with Crippen molar-refractivity contribution < 1.29 is 4.79 Å². The van der Waals surface area contributed by atoms with Crippen LogP contribution >= 0.6 is 0 Å². The summed E-state index contributed by atoms with van der Waals surface area (Å²) in [6.07, 6.45) is 6.26. The van der Waals surface area contributed by atoms with Crippen LogP contribution in [0.4, 0.5) is 0 Å². The SMILES string of the molecule is NCCNC(=O)C1CCCN(CCN2CCCCC2)C1. The number of likely N-dealkylation sites (tertiary alicyclic amines) is 2. The summed E-state index contributed by atoms with van der Waals surface area (Å²) in [7, 11) is 0. The topological polar surface area (TPSA) is 61.6 Å². The predicted molar refractivity (Wildman–Crippen MR) is 81.5 cm³/mol. The molecule has 0 bridgehead atoms. The number of nitrogens with two attached hydrogens (primary N) is 1. The normalized spacial score (nSPS) is 25.6. The fourth-order valence-corrected chi connectivity index (χ4v) is 3.28. The van der Waals surface area contributed by atoms with E-state index >= 15 is 0 Å². The number of hydrogen-bond acceptors (Lipinski definition) is 4. The van der Waals surface area contributed by atoms with Gasteiger partial charge in [0, 0.05) is 32.7 Å². The van der Waals surface area contributed by atoms with E-state index in [0.717, 1.165) is 39.0 Å². The van der Waals surface area contributed by atoms with Gasteiger partial charge in [-0.1, -0.05) is 6.42 Å². The number of carbonyl (C=O) groups excluding carboxylic acids is 1. The Balaban J connectivity index is 1.68. The Hall–Kier alpha value is -0.650. The lowest BCUT2D eigenvalue weighted by atomic mass is 9.97. The summed E-state index contributed by atoms with van der Waals surface area (Å²) >= 11 is 0. The summed E-state index contributed by atoms with van der Waals surface area (Å²) < 4.78 is 0. The molecule has 2 aliphatic rings. The van der Waals surface area contributed by atoms with E-state index in [1.807, 2.05) is 0 Å². The van der Waals surface area contributed by atoms with Crippen molar-refractivity contribution in [3.63, 3.8) is 0 Å². The molecule has 0 saturated carbocycles. The smallest absolute Gasteiger partial charge is 0.224 e. The lowest BCUT2D eigenvalue weighted by Gasteiger charge is -2.34. The maximum Gasteiger partial charge on any atom is 0.224 e. The molecule has 0 aromatic rings. The van der Waals surface area contributed by atoms with Crippen LogP contribution in [-0.2, 0) is 4.79 Å². The molecule has 0 spiro atoms. The molecule has 0 aromatic heterocycles. The summed E-state index contributed by atoms with van der Waals surface area (Å²) in [5.41, 5.74) is 5.43. The first-order valence-electron chi connectivity index (χ1n) is 8.22. The van der Waals surface area contributed by atoms with Gasteiger partial charge in [0.25, 0.3) is 0 Å². The summed E-state index contributed by atoms with van der Waals surface area (Å²) in [6.45, 7) is 7.99. The van der Waals surface area contributed by atoms with Gasteiger partial charge < -0.3 is 20.9 Å². The zero-order valence-corrected chi connectivity index (χ0v) is 12.6. The highest BCUT2D eigenvalue weighted by Crippen LogP contribution is 2.17. The van der Waals surface area contributed by atoms with Crippen molar-refractivity contribution >= 4 is 5.91 Å². The molecule has 3 N–H and O–H groups in total. The third kappa shape index (κ3) is 5.04. The maximum absolute atomic E-state index is 12.0. The Morgan fingerprint density at radius 2 is 1.75 bits per heavy atom. The number of amides is 1. The van der Waals surface area contributed by atoms with Crippen LogP contribution in [0.5, 0.6) is 0 Å². The van der Waals surface area contributed by atoms with E-state index in [4.69, 9.17) is 5.73 Å². The minimum absolute atomic E-state index is 0.164. The Morgan fingerprint density at radius 3 is 2.50 bits per heavy atom. The van der Waals surface area contributed by atoms with E-state index in [9.17, 15) is 4.79 Å². The highest BCUT2D eigenvalue weighted by Gasteiger charge is 2.25. The highest BCUT2D eigenvalue weighted by molar-refractivity contribution is 5.78. The van der Waals surface area contributed by atoms with Crippen molar-refractivity contribution in [2.24, 2.45) is 11.7 Å². The minimum Gasteiger partial charge on any atom is -0.355 e. The summed E-state index contributed by atoms with van der Waals surface area (Å²) in [6, 6.07) is 0. The highest BCUT2D eigenvalue weighted by atomic mass is 16.1. The quantitative estimate of drug-likeness (QED) is 0.733. The molecule has 1 amide bonds. The lowest BCUT2D eigenvalue weighted by molar-refractivity contribution is -0.126. The summed E-state index contributed by atoms with van der Waals surface area (Å²) in [5.74, 6) is 0.356. The molecular formula is C15H30N4O. The first-order chi connectivity index (χ1) is 9.79. The molecule has 5 nitrogen and oxygen atoms in total. The summed E-state index contributed by atoms with van der Waals surface area (Å²) in [4.78, 5) is 17.0. The number of piperidine rings is 2. The molecule has 0 aromatic carbocycles. The van der Waals surface area contributed by atoms with Crippen LogP contribution in [-0.4, -0.2) is 68.1 Å². The van der Waals surface area contributed by atoms with Crippen molar-refractivity contribution in [2.75, 3.05) is 52.4 Å². The average molecular weight is 282 g/mol. The van der Waals surface area contributed by atoms with Crippen molar-refractivity contribution in [3.8, 4) is 0 Å². The van der Waals surface area contributed by atoms with Crippen LogP contribution in [0.15, 0.2) is 0 Å². The van der Waals surface area contributed by atoms with Crippen LogP contribution in [0.3, 0.4) is 0 Å². The number of nitrogens with one attached hydrogen (secondary N) is 1. The summed E-state index contributed by atoms with van der Waals surface area (Å²) in [5, 5.41) is 2.93. The van der Waals surface area contributed by atoms with Gasteiger partial charge in [-0.25, -0.2) is 0 Å². The van der Waals surface area contributed by atoms with Gasteiger partial charge in [0.2, 0.25) is 5.91 Å². The molecule has 116 valence electrons. The van der Waals surface area contributed by atoms with E-state index in [2.05, 4.69) is 15.1 Å². The third-order valence-corrected chi connectivity index (χ3v) is 4.50. The minimum atomic E-state index is 0.164. The van der Waals surface area contributed by atoms with Crippen molar-refractivity contribution in [2.45, 2.75) is 32.1 Å². The second-order valence-corrected chi connectivity index (χ2v) is 6.12. The Bertz CT molecular complexity index is 292. The van der Waals surface area contributed by atoms with Gasteiger partial charge in [0.15, 0.2) is 0 Å². The molecule has 2 saturated heterocycles. The van der Waals surface area contributed by atoms with E-state index in [1.54, 1.807) is 0 Å². The van der Waals surface area contributed by atoms with Crippen LogP contribution in [0.2, 0.25) is 0 Å². The lowest BCUT2D eigenvalue weighted by Crippen LogP contribution is -2.46. The molecule has 1 atom stereocenters. The fraction of sp³-hybridized carbons (Fsp3) is 0.933. The van der Waals surface area contributed by atoms with Gasteiger partial charge >= 0.3 is 0 Å². The van der Waals surface area contributed by atoms with E-state index in [-0.39, 0.29) is 11.8 Å². The number of hydrogen-bond donors (Lipinski definition) is 2. The molecule has 2 rings (SSSR count). The maximum atomic E-state index is 12.0. The van der Waals surface area contributed by atoms with Crippen molar-refractivity contribution in [1.82, 2.24) is 15.1 Å². The number of carbonyl (C=O) groups is 1. The standard InChI is InChI=1S/C15H30N4O/c16-6-7-17-15(20)14-5-4-10-19(13-14)12-11-18-8-2-1-3-9-18/h14H,1-13,16H2,(H,17,20). The Kier molecular flexibility index (Phi) is 6.76. The molecule has 5 heteroatoms. The van der Waals surface area contributed by atoms with Gasteiger partial charge in [-0.05, 0) is 45.3 Å². The molecular weight excluding hydrogens is 252 g/mol. The zero-order valence-electron chi connectivity index (χ0n) is 12.6. The van der Waals surface area contributed by atoms with E-state index in [0.29, 0.717) is 13.1 Å². The van der Waals surface area contributed by atoms with Crippen LogP contribution in [0.1, 0.15) is 32.1 Å². The van der Waals surface area contributed by atoms with Gasteiger partial charge in [0.05, 0.1) is 5.92 Å². The predicted octanol–water partition coefficient (Wildman–Crippen LogP) is 0.259. The zero-order chi connectivity index (χ0) is 14.2.